The molecule has 0 atom stereocenters. The van der Waals surface area contributed by atoms with Crippen LogP contribution in [0.5, 0.6) is 5.75 Å². The first-order valence-electron chi connectivity index (χ1n) is 9.02. The van der Waals surface area contributed by atoms with Crippen LogP contribution in [0.25, 0.3) is 5.69 Å². The first kappa shape index (κ1) is 20.9. The lowest BCUT2D eigenvalue weighted by atomic mass is 10.1. The second-order valence-electron chi connectivity index (χ2n) is 6.28. The van der Waals surface area contributed by atoms with E-state index in [0.717, 1.165) is 17.0 Å². The molecule has 0 aliphatic rings. The first-order chi connectivity index (χ1) is 14.0. The van der Waals surface area contributed by atoms with Crippen LogP contribution in [0.2, 0.25) is 10.0 Å². The Morgan fingerprint density at radius 2 is 2.00 bits per heavy atom. The number of nitrogens with zero attached hydrogens (tertiary/aromatic N) is 3. The van der Waals surface area contributed by atoms with Gasteiger partial charge < -0.3 is 9.30 Å². The number of nitrogens with one attached hydrogen (secondary N) is 1. The van der Waals surface area contributed by atoms with Gasteiger partial charge in [-0.3, -0.25) is 4.79 Å². The maximum Gasteiger partial charge on any atom is 0.240 e. The summed E-state index contributed by atoms with van der Waals surface area (Å²) in [5.74, 6) is 0.370. The van der Waals surface area contributed by atoms with Crippen LogP contribution in [0.3, 0.4) is 0 Å². The number of amides is 1. The minimum atomic E-state index is -0.176. The number of halogens is 2. The minimum Gasteiger partial charge on any atom is -0.492 e. The van der Waals surface area contributed by atoms with Gasteiger partial charge >= 0.3 is 0 Å². The molecule has 0 spiro atoms. The van der Waals surface area contributed by atoms with Gasteiger partial charge in [0.2, 0.25) is 5.91 Å². The van der Waals surface area contributed by atoms with Crippen molar-refractivity contribution in [2.45, 2.75) is 19.8 Å². The summed E-state index contributed by atoms with van der Waals surface area (Å²) in [6.45, 7) is 2.21. The van der Waals surface area contributed by atoms with E-state index >= 15 is 0 Å². The van der Waals surface area contributed by atoms with Crippen LogP contribution in [-0.2, 0) is 4.79 Å². The van der Waals surface area contributed by atoms with Gasteiger partial charge in [0, 0.05) is 29.5 Å². The average molecular weight is 431 g/mol. The molecule has 3 rings (SSSR count). The van der Waals surface area contributed by atoms with Gasteiger partial charge in [0.1, 0.15) is 5.75 Å². The van der Waals surface area contributed by atoms with Gasteiger partial charge in [0.25, 0.3) is 0 Å². The molecule has 0 saturated heterocycles. The third-order valence-corrected chi connectivity index (χ3v) is 4.67. The standard InChI is InChI=1S/C21H20Cl2N4O2/c1-15(16-4-7-18(8-5-16)27-11-10-24-14-27)25-26-21(28)3-2-12-29-20-9-6-17(22)13-19(20)23/h4-11,13-14H,2-3,12H2,1H3,(H,26,28)/b25-15+. The van der Waals surface area contributed by atoms with Gasteiger partial charge in [-0.1, -0.05) is 35.3 Å². The molecule has 0 fully saturated rings. The van der Waals surface area contributed by atoms with Crippen molar-refractivity contribution < 1.29 is 9.53 Å². The number of benzene rings is 2. The Morgan fingerprint density at radius 1 is 1.21 bits per heavy atom. The minimum absolute atomic E-state index is 0.176. The van der Waals surface area contributed by atoms with Crippen LogP contribution in [-0.4, -0.2) is 27.8 Å². The molecule has 0 radical (unpaired) electrons. The molecular weight excluding hydrogens is 411 g/mol. The van der Waals surface area contributed by atoms with Crippen molar-refractivity contribution in [3.8, 4) is 11.4 Å². The molecule has 6 nitrogen and oxygen atoms in total. The molecule has 1 heterocycles. The van der Waals surface area contributed by atoms with Crippen molar-refractivity contribution in [2.24, 2.45) is 5.10 Å². The highest BCUT2D eigenvalue weighted by molar-refractivity contribution is 6.35. The zero-order valence-electron chi connectivity index (χ0n) is 15.8. The summed E-state index contributed by atoms with van der Waals surface area (Å²) < 4.78 is 7.48. The van der Waals surface area contributed by atoms with Crippen LogP contribution < -0.4 is 10.2 Å². The maximum atomic E-state index is 12.0. The predicted octanol–water partition coefficient (Wildman–Crippen LogP) is 4.88. The maximum absolute atomic E-state index is 12.0. The van der Waals surface area contributed by atoms with E-state index in [9.17, 15) is 4.79 Å². The van der Waals surface area contributed by atoms with Crippen molar-refractivity contribution >= 4 is 34.8 Å². The molecule has 0 unspecified atom stereocenters. The van der Waals surface area contributed by atoms with Crippen molar-refractivity contribution in [1.29, 1.82) is 0 Å². The van der Waals surface area contributed by atoms with E-state index in [1.54, 1.807) is 30.7 Å². The number of aromatic nitrogens is 2. The van der Waals surface area contributed by atoms with Crippen molar-refractivity contribution in [3.63, 3.8) is 0 Å². The Kier molecular flexibility index (Phi) is 7.27. The number of hydrogen-bond acceptors (Lipinski definition) is 4. The molecule has 0 aliphatic heterocycles. The third-order valence-electron chi connectivity index (χ3n) is 4.14. The summed E-state index contributed by atoms with van der Waals surface area (Å²) in [6, 6.07) is 12.9. The fourth-order valence-corrected chi connectivity index (χ4v) is 3.02. The number of imidazole rings is 1. The number of carbonyl (C=O) groups is 1. The number of hydrazone groups is 1. The topological polar surface area (TPSA) is 68.5 Å². The highest BCUT2D eigenvalue weighted by atomic mass is 35.5. The molecule has 1 amide bonds. The van der Waals surface area contributed by atoms with E-state index in [4.69, 9.17) is 27.9 Å². The Bertz CT molecular complexity index is 986. The monoisotopic (exact) mass is 430 g/mol. The number of rotatable bonds is 8. The van der Waals surface area contributed by atoms with E-state index in [-0.39, 0.29) is 5.91 Å². The summed E-state index contributed by atoms with van der Waals surface area (Å²) in [6.07, 6.45) is 6.17. The van der Waals surface area contributed by atoms with Crippen LogP contribution in [0.1, 0.15) is 25.3 Å². The molecule has 3 aromatic rings. The summed E-state index contributed by atoms with van der Waals surface area (Å²) in [5.41, 5.74) is 5.23. The molecule has 0 saturated carbocycles. The Hall–Kier alpha value is -2.83. The van der Waals surface area contributed by atoms with Crippen molar-refractivity contribution in [2.75, 3.05) is 6.61 Å². The molecule has 1 aromatic heterocycles. The second kappa shape index (κ2) is 10.1. The summed E-state index contributed by atoms with van der Waals surface area (Å²) in [4.78, 5) is 16.0. The number of ether oxygens (including phenoxy) is 1. The van der Waals surface area contributed by atoms with Gasteiger partial charge in [-0.2, -0.15) is 5.10 Å². The summed E-state index contributed by atoms with van der Waals surface area (Å²) >= 11 is 11.9. The molecule has 8 heteroatoms. The van der Waals surface area contributed by atoms with Crippen molar-refractivity contribution in [1.82, 2.24) is 15.0 Å². The summed E-state index contributed by atoms with van der Waals surface area (Å²) in [5, 5.41) is 5.16. The second-order valence-corrected chi connectivity index (χ2v) is 7.12. The van der Waals surface area contributed by atoms with Crippen LogP contribution >= 0.6 is 23.2 Å². The van der Waals surface area contributed by atoms with E-state index in [0.29, 0.717) is 35.2 Å². The number of hydrogen-bond donors (Lipinski definition) is 1. The van der Waals surface area contributed by atoms with E-state index in [2.05, 4.69) is 15.5 Å². The fourth-order valence-electron chi connectivity index (χ4n) is 2.56. The van der Waals surface area contributed by atoms with E-state index in [1.165, 1.54) is 0 Å². The SMILES string of the molecule is C/C(=N\NC(=O)CCCOc1ccc(Cl)cc1Cl)c1ccc(-n2ccnc2)cc1. The smallest absolute Gasteiger partial charge is 0.240 e. The largest absolute Gasteiger partial charge is 0.492 e. The van der Waals surface area contributed by atoms with Crippen molar-refractivity contribution in [3.05, 3.63) is 76.8 Å². The third kappa shape index (κ3) is 6.07. The van der Waals surface area contributed by atoms with Crippen LogP contribution in [0.15, 0.2) is 66.3 Å². The molecule has 150 valence electrons. The van der Waals surface area contributed by atoms with Gasteiger partial charge in [0.05, 0.1) is 23.7 Å². The Labute approximate surface area is 179 Å². The molecule has 2 aromatic carbocycles. The highest BCUT2D eigenvalue weighted by Crippen LogP contribution is 2.27. The molecule has 29 heavy (non-hydrogen) atoms. The van der Waals surface area contributed by atoms with Crippen LogP contribution in [0, 0.1) is 0 Å². The van der Waals surface area contributed by atoms with Gasteiger partial charge in [-0.15, -0.1) is 0 Å². The van der Waals surface area contributed by atoms with Gasteiger partial charge in [-0.25, -0.2) is 10.4 Å². The lowest BCUT2D eigenvalue weighted by Gasteiger charge is -2.08. The first-order valence-corrected chi connectivity index (χ1v) is 9.78. The Morgan fingerprint density at radius 3 is 2.69 bits per heavy atom. The molecule has 0 bridgehead atoms. The lowest BCUT2D eigenvalue weighted by molar-refractivity contribution is -0.121. The molecule has 0 aliphatic carbocycles. The lowest BCUT2D eigenvalue weighted by Crippen LogP contribution is -2.19. The van der Waals surface area contributed by atoms with E-state index in [1.807, 2.05) is 42.0 Å². The zero-order valence-corrected chi connectivity index (χ0v) is 17.3. The van der Waals surface area contributed by atoms with Gasteiger partial charge in [0.15, 0.2) is 0 Å². The average Bonchev–Trinajstić information content (AvgIpc) is 3.25. The summed E-state index contributed by atoms with van der Waals surface area (Å²) in [7, 11) is 0. The predicted molar refractivity (Wildman–Crippen MR) is 115 cm³/mol. The zero-order chi connectivity index (χ0) is 20.6. The van der Waals surface area contributed by atoms with Gasteiger partial charge in [-0.05, 0) is 49.2 Å². The Balaban J connectivity index is 1.43. The molecule has 1 N–H and O–H groups in total. The van der Waals surface area contributed by atoms with E-state index < -0.39 is 0 Å². The number of carbonyl (C=O) groups excluding carboxylic acids is 1. The molecular formula is C21H20Cl2N4O2. The van der Waals surface area contributed by atoms with Crippen LogP contribution in [0.4, 0.5) is 0 Å². The highest BCUT2D eigenvalue weighted by Gasteiger charge is 2.05. The quantitative estimate of drug-likeness (QED) is 0.314. The fraction of sp³-hybridized carbons (Fsp3) is 0.190. The normalized spacial score (nSPS) is 11.3.